The predicted octanol–water partition coefficient (Wildman–Crippen LogP) is 1.71. The Morgan fingerprint density at radius 2 is 2.00 bits per heavy atom. The third-order valence-corrected chi connectivity index (χ3v) is 3.79. The number of rotatable bonds is 3. The van der Waals surface area contributed by atoms with E-state index < -0.39 is 0 Å². The first-order chi connectivity index (χ1) is 10.5. The number of nitro benzene ring substituents is 1. The number of aromatic nitrogens is 2. The Balaban J connectivity index is 1.95. The maximum atomic E-state index is 11.4. The molecule has 2 heterocycles. The van der Waals surface area contributed by atoms with Gasteiger partial charge in [0.05, 0.1) is 4.92 Å². The standard InChI is InChI=1S/C14H17N5O3/c1-10-15-14(22-16-10)11-3-4-12(13(9-11)19(20)21)18-7-5-17(2)6-8-18/h3-4,9H,5-8H2,1-2H3. The molecule has 0 unspecified atom stereocenters. The molecule has 0 bridgehead atoms. The summed E-state index contributed by atoms with van der Waals surface area (Å²) in [5.41, 5.74) is 1.26. The van der Waals surface area contributed by atoms with E-state index in [-0.39, 0.29) is 10.6 Å². The van der Waals surface area contributed by atoms with Gasteiger partial charge in [0.15, 0.2) is 5.82 Å². The van der Waals surface area contributed by atoms with E-state index in [0.717, 1.165) is 26.2 Å². The molecular formula is C14H17N5O3. The molecule has 0 radical (unpaired) electrons. The molecule has 3 rings (SSSR count). The van der Waals surface area contributed by atoms with E-state index in [9.17, 15) is 10.1 Å². The van der Waals surface area contributed by atoms with Gasteiger partial charge < -0.3 is 14.3 Å². The minimum Gasteiger partial charge on any atom is -0.363 e. The lowest BCUT2D eigenvalue weighted by Crippen LogP contribution is -2.44. The van der Waals surface area contributed by atoms with Crippen LogP contribution in [0.25, 0.3) is 11.5 Å². The first-order valence-corrected chi connectivity index (χ1v) is 7.07. The van der Waals surface area contributed by atoms with Crippen LogP contribution >= 0.6 is 0 Å². The number of hydrogen-bond donors (Lipinski definition) is 0. The molecule has 2 aromatic rings. The Morgan fingerprint density at radius 1 is 1.27 bits per heavy atom. The van der Waals surface area contributed by atoms with Crippen molar-refractivity contribution in [1.29, 1.82) is 0 Å². The molecular weight excluding hydrogens is 286 g/mol. The third kappa shape index (κ3) is 2.77. The zero-order valence-electron chi connectivity index (χ0n) is 12.5. The van der Waals surface area contributed by atoms with Gasteiger partial charge in [0.1, 0.15) is 5.69 Å². The second kappa shape index (κ2) is 5.72. The molecule has 1 fully saturated rings. The molecule has 22 heavy (non-hydrogen) atoms. The lowest BCUT2D eigenvalue weighted by molar-refractivity contribution is -0.384. The van der Waals surface area contributed by atoms with Crippen LogP contribution in [0.3, 0.4) is 0 Å². The van der Waals surface area contributed by atoms with Gasteiger partial charge in [-0.15, -0.1) is 0 Å². The second-order valence-electron chi connectivity index (χ2n) is 5.40. The zero-order valence-corrected chi connectivity index (χ0v) is 12.5. The first-order valence-electron chi connectivity index (χ1n) is 7.07. The summed E-state index contributed by atoms with van der Waals surface area (Å²) in [6.07, 6.45) is 0. The molecule has 0 aliphatic carbocycles. The highest BCUT2D eigenvalue weighted by Gasteiger charge is 2.24. The highest BCUT2D eigenvalue weighted by Crippen LogP contribution is 2.33. The average molecular weight is 303 g/mol. The van der Waals surface area contributed by atoms with Crippen molar-refractivity contribution in [1.82, 2.24) is 15.0 Å². The van der Waals surface area contributed by atoms with Crippen molar-refractivity contribution in [3.63, 3.8) is 0 Å². The Hall–Kier alpha value is -2.48. The molecule has 8 nitrogen and oxygen atoms in total. The van der Waals surface area contributed by atoms with Crippen molar-refractivity contribution in [2.45, 2.75) is 6.92 Å². The molecule has 1 aromatic heterocycles. The van der Waals surface area contributed by atoms with Gasteiger partial charge >= 0.3 is 0 Å². The van der Waals surface area contributed by atoms with E-state index in [2.05, 4.69) is 15.0 Å². The van der Waals surface area contributed by atoms with Crippen LogP contribution < -0.4 is 4.90 Å². The van der Waals surface area contributed by atoms with E-state index in [0.29, 0.717) is 23.0 Å². The van der Waals surface area contributed by atoms with Crippen molar-refractivity contribution in [3.8, 4) is 11.5 Å². The number of benzene rings is 1. The zero-order chi connectivity index (χ0) is 15.7. The Bertz CT molecular complexity index is 692. The van der Waals surface area contributed by atoms with Crippen LogP contribution in [0.1, 0.15) is 5.82 Å². The van der Waals surface area contributed by atoms with Gasteiger partial charge in [0, 0.05) is 37.8 Å². The molecule has 1 saturated heterocycles. The normalized spacial score (nSPS) is 16.0. The first kappa shape index (κ1) is 14.5. The fraction of sp³-hybridized carbons (Fsp3) is 0.429. The highest BCUT2D eigenvalue weighted by atomic mass is 16.6. The quantitative estimate of drug-likeness (QED) is 0.630. The summed E-state index contributed by atoms with van der Waals surface area (Å²) in [7, 11) is 2.05. The van der Waals surface area contributed by atoms with Crippen molar-refractivity contribution < 1.29 is 9.45 Å². The van der Waals surface area contributed by atoms with Gasteiger partial charge in [-0.05, 0) is 26.1 Å². The molecule has 1 aliphatic rings. The van der Waals surface area contributed by atoms with E-state index >= 15 is 0 Å². The molecule has 1 aromatic carbocycles. The summed E-state index contributed by atoms with van der Waals surface area (Å²) in [5.74, 6) is 0.798. The van der Waals surface area contributed by atoms with Gasteiger partial charge in [0.2, 0.25) is 0 Å². The van der Waals surface area contributed by atoms with Crippen LogP contribution in [-0.2, 0) is 0 Å². The van der Waals surface area contributed by atoms with E-state index in [4.69, 9.17) is 4.52 Å². The Kier molecular flexibility index (Phi) is 3.76. The molecule has 0 spiro atoms. The van der Waals surface area contributed by atoms with Gasteiger partial charge in [-0.2, -0.15) is 4.98 Å². The van der Waals surface area contributed by atoms with E-state index in [1.54, 1.807) is 19.1 Å². The number of nitro groups is 1. The fourth-order valence-electron chi connectivity index (χ4n) is 2.53. The minimum absolute atomic E-state index is 0.0675. The summed E-state index contributed by atoms with van der Waals surface area (Å²) >= 11 is 0. The van der Waals surface area contributed by atoms with Gasteiger partial charge in [-0.25, -0.2) is 0 Å². The maximum Gasteiger partial charge on any atom is 0.293 e. The Morgan fingerprint density at radius 3 is 2.59 bits per heavy atom. The number of anilines is 1. The monoisotopic (exact) mass is 303 g/mol. The predicted molar refractivity (Wildman–Crippen MR) is 80.8 cm³/mol. The molecule has 0 amide bonds. The van der Waals surface area contributed by atoms with Crippen LogP contribution in [0, 0.1) is 17.0 Å². The second-order valence-corrected chi connectivity index (χ2v) is 5.40. The fourth-order valence-corrected chi connectivity index (χ4v) is 2.53. The molecule has 0 atom stereocenters. The van der Waals surface area contributed by atoms with Crippen molar-refractivity contribution in [2.24, 2.45) is 0 Å². The van der Waals surface area contributed by atoms with Crippen LogP contribution in [0.2, 0.25) is 0 Å². The number of aryl methyl sites for hydroxylation is 1. The number of likely N-dealkylation sites (N-methyl/N-ethyl adjacent to an activating group) is 1. The Labute approximate surface area is 127 Å². The molecule has 8 heteroatoms. The van der Waals surface area contributed by atoms with Crippen LogP contribution in [0.4, 0.5) is 11.4 Å². The van der Waals surface area contributed by atoms with Gasteiger partial charge in [-0.3, -0.25) is 10.1 Å². The van der Waals surface area contributed by atoms with Gasteiger partial charge in [-0.1, -0.05) is 5.16 Å². The largest absolute Gasteiger partial charge is 0.363 e. The minimum atomic E-state index is -0.361. The smallest absolute Gasteiger partial charge is 0.293 e. The van der Waals surface area contributed by atoms with E-state index in [1.807, 2.05) is 11.9 Å². The number of piperazine rings is 1. The van der Waals surface area contributed by atoms with Crippen LogP contribution in [-0.4, -0.2) is 53.2 Å². The maximum absolute atomic E-state index is 11.4. The molecule has 1 aliphatic heterocycles. The van der Waals surface area contributed by atoms with Crippen molar-refractivity contribution in [2.75, 3.05) is 38.1 Å². The average Bonchev–Trinajstić information content (AvgIpc) is 2.94. The van der Waals surface area contributed by atoms with Crippen molar-refractivity contribution in [3.05, 3.63) is 34.1 Å². The van der Waals surface area contributed by atoms with Gasteiger partial charge in [0.25, 0.3) is 11.6 Å². The summed E-state index contributed by atoms with van der Waals surface area (Å²) in [5, 5.41) is 15.1. The highest BCUT2D eigenvalue weighted by molar-refractivity contribution is 5.71. The lowest BCUT2D eigenvalue weighted by Gasteiger charge is -2.33. The molecule has 0 N–H and O–H groups in total. The topological polar surface area (TPSA) is 88.5 Å². The van der Waals surface area contributed by atoms with Crippen molar-refractivity contribution >= 4 is 11.4 Å². The summed E-state index contributed by atoms with van der Waals surface area (Å²) in [4.78, 5) is 19.4. The van der Waals surface area contributed by atoms with Crippen LogP contribution in [0.15, 0.2) is 22.7 Å². The third-order valence-electron chi connectivity index (χ3n) is 3.79. The van der Waals surface area contributed by atoms with E-state index in [1.165, 1.54) is 6.07 Å². The number of hydrogen-bond acceptors (Lipinski definition) is 7. The SMILES string of the molecule is Cc1noc(-c2ccc(N3CCN(C)CC3)c([N+](=O)[O-])c2)n1. The molecule has 0 saturated carbocycles. The number of nitrogens with zero attached hydrogens (tertiary/aromatic N) is 5. The summed E-state index contributed by atoms with van der Waals surface area (Å²) in [6.45, 7) is 5.04. The van der Waals surface area contributed by atoms with Crippen LogP contribution in [0.5, 0.6) is 0 Å². The molecule has 116 valence electrons. The summed E-state index contributed by atoms with van der Waals surface area (Å²) < 4.78 is 5.08. The lowest BCUT2D eigenvalue weighted by atomic mass is 10.1. The summed E-state index contributed by atoms with van der Waals surface area (Å²) in [6, 6.07) is 5.05.